The number of aromatic hydroxyl groups is 1. The fourth-order valence-electron chi connectivity index (χ4n) is 1.33. The first-order valence-electron chi connectivity index (χ1n) is 3.73. The summed E-state index contributed by atoms with van der Waals surface area (Å²) in [5.41, 5.74) is 10.9. The number of nitrogen functional groups attached to an aromatic ring is 2. The van der Waals surface area contributed by atoms with Gasteiger partial charge in [-0.1, -0.05) is 4.73 Å². The number of phenolic OH excluding ortho intramolecular Hbond substituents is 1. The molecule has 1 aromatic carbocycles. The molecule has 74 valence electrons. The molecule has 0 saturated heterocycles. The van der Waals surface area contributed by atoms with Crippen molar-refractivity contribution in [2.24, 2.45) is 0 Å². The number of aromatic nitrogens is 2. The molecule has 7 nitrogen and oxygen atoms in total. The maximum absolute atomic E-state index is 11.3. The summed E-state index contributed by atoms with van der Waals surface area (Å²) in [5.74, 6) is -0.555. The zero-order chi connectivity index (χ0) is 10.5. The number of anilines is 2. The molecule has 1 aromatic heterocycles. The number of imidazole rings is 1. The summed E-state index contributed by atoms with van der Waals surface area (Å²) in [6, 6.07) is 2.40. The van der Waals surface area contributed by atoms with Crippen molar-refractivity contribution in [3.8, 4) is 5.75 Å². The molecule has 0 saturated carbocycles. The van der Waals surface area contributed by atoms with Crippen molar-refractivity contribution in [3.05, 3.63) is 17.3 Å². The van der Waals surface area contributed by atoms with Gasteiger partial charge >= 0.3 is 5.95 Å². The second-order valence-electron chi connectivity index (χ2n) is 2.87. The van der Waals surface area contributed by atoms with Gasteiger partial charge in [-0.2, -0.15) is 0 Å². The van der Waals surface area contributed by atoms with Crippen LogP contribution in [0, 0.1) is 5.21 Å². The van der Waals surface area contributed by atoms with E-state index >= 15 is 0 Å². The molecule has 0 aliphatic rings. The van der Waals surface area contributed by atoms with Crippen molar-refractivity contribution in [3.63, 3.8) is 0 Å². The van der Waals surface area contributed by atoms with Crippen molar-refractivity contribution in [2.45, 2.75) is 0 Å². The van der Waals surface area contributed by atoms with Crippen LogP contribution in [0.25, 0.3) is 11.0 Å². The first-order valence-corrected chi connectivity index (χ1v) is 3.73. The van der Waals surface area contributed by atoms with Gasteiger partial charge in [0, 0.05) is 12.1 Å². The van der Waals surface area contributed by atoms with E-state index in [-0.39, 0.29) is 22.5 Å². The molecule has 2 aromatic rings. The van der Waals surface area contributed by atoms with Crippen molar-refractivity contribution in [2.75, 3.05) is 11.5 Å². The van der Waals surface area contributed by atoms with Crippen LogP contribution < -0.4 is 16.2 Å². The Morgan fingerprint density at radius 1 is 1.36 bits per heavy atom. The van der Waals surface area contributed by atoms with Crippen LogP contribution in [0.1, 0.15) is 0 Å². The van der Waals surface area contributed by atoms with Crippen molar-refractivity contribution in [1.82, 2.24) is 4.73 Å². The number of phenols is 1. The van der Waals surface area contributed by atoms with Crippen LogP contribution in [0.4, 0.5) is 11.6 Å². The van der Waals surface area contributed by atoms with Crippen molar-refractivity contribution in [1.29, 1.82) is 0 Å². The molecule has 0 unspecified atom stereocenters. The average molecular weight is 196 g/mol. The second kappa shape index (κ2) is 2.34. The number of hydrogen-bond acceptors (Lipinski definition) is 5. The lowest BCUT2D eigenvalue weighted by Crippen LogP contribution is -2.29. The van der Waals surface area contributed by atoms with Gasteiger partial charge in [0.1, 0.15) is 5.75 Å². The molecule has 6 N–H and O–H groups in total. The van der Waals surface area contributed by atoms with Gasteiger partial charge in [-0.15, -0.1) is 0 Å². The Morgan fingerprint density at radius 3 is 2.64 bits per heavy atom. The predicted octanol–water partition coefficient (Wildman–Crippen LogP) is -0.618. The van der Waals surface area contributed by atoms with E-state index in [1.807, 2.05) is 0 Å². The Hall–Kier alpha value is -2.31. The maximum atomic E-state index is 11.3. The molecule has 0 fully saturated rings. The summed E-state index contributed by atoms with van der Waals surface area (Å²) in [5, 5.41) is 29.8. The number of nitrogens with zero attached hydrogens (tertiary/aromatic N) is 2. The quantitative estimate of drug-likeness (QED) is 0.193. The number of rotatable bonds is 0. The molecule has 0 bridgehead atoms. The van der Waals surface area contributed by atoms with E-state index in [9.17, 15) is 15.5 Å². The van der Waals surface area contributed by atoms with Crippen LogP contribution >= 0.6 is 0 Å². The molecule has 14 heavy (non-hydrogen) atoms. The highest BCUT2D eigenvalue weighted by Crippen LogP contribution is 2.25. The molecular weight excluding hydrogens is 188 g/mol. The highest BCUT2D eigenvalue weighted by atomic mass is 16.5. The number of hydrogen-bond donors (Lipinski definition) is 4. The second-order valence-corrected chi connectivity index (χ2v) is 2.87. The first kappa shape index (κ1) is 8.30. The third-order valence-electron chi connectivity index (χ3n) is 1.96. The van der Waals surface area contributed by atoms with Gasteiger partial charge in [0.05, 0.1) is 5.69 Å². The van der Waals surface area contributed by atoms with Gasteiger partial charge in [0.15, 0.2) is 11.0 Å². The zero-order valence-corrected chi connectivity index (χ0v) is 7.01. The molecule has 7 heteroatoms. The third kappa shape index (κ3) is 0.830. The van der Waals surface area contributed by atoms with E-state index in [4.69, 9.17) is 11.5 Å². The van der Waals surface area contributed by atoms with E-state index in [0.717, 1.165) is 0 Å². The van der Waals surface area contributed by atoms with Crippen LogP contribution in [-0.2, 0) is 0 Å². The predicted molar refractivity (Wildman–Crippen MR) is 48.6 cm³/mol. The van der Waals surface area contributed by atoms with Crippen LogP contribution in [0.2, 0.25) is 0 Å². The molecule has 0 aliphatic heterocycles. The third-order valence-corrected chi connectivity index (χ3v) is 1.96. The number of benzene rings is 1. The highest BCUT2D eigenvalue weighted by molar-refractivity contribution is 5.87. The Morgan fingerprint density at radius 2 is 2.00 bits per heavy atom. The average Bonchev–Trinajstić information content (AvgIpc) is 2.31. The fourth-order valence-corrected chi connectivity index (χ4v) is 1.33. The Labute approximate surface area is 77.9 Å². The molecule has 0 spiro atoms. The van der Waals surface area contributed by atoms with Crippen LogP contribution in [0.5, 0.6) is 5.75 Å². The monoisotopic (exact) mass is 196 g/mol. The summed E-state index contributed by atoms with van der Waals surface area (Å²) in [6.45, 7) is 0. The van der Waals surface area contributed by atoms with Crippen LogP contribution in [-0.4, -0.2) is 15.0 Å². The van der Waals surface area contributed by atoms with Crippen molar-refractivity contribution >= 4 is 22.7 Å². The van der Waals surface area contributed by atoms with E-state index in [0.29, 0.717) is 9.46 Å². The SMILES string of the molecule is Nc1cc(O)cc2c1[n+]([O-])c(N)n2O. The van der Waals surface area contributed by atoms with Gasteiger partial charge in [-0.05, 0) is 0 Å². The molecule has 0 radical (unpaired) electrons. The Balaban J connectivity index is 3.02. The lowest BCUT2D eigenvalue weighted by atomic mass is 10.2. The molecule has 1 heterocycles. The van der Waals surface area contributed by atoms with Gasteiger partial charge < -0.3 is 21.3 Å². The highest BCUT2D eigenvalue weighted by Gasteiger charge is 2.19. The molecule has 0 atom stereocenters. The van der Waals surface area contributed by atoms with Gasteiger partial charge in [0.2, 0.25) is 0 Å². The normalized spacial score (nSPS) is 10.9. The minimum Gasteiger partial charge on any atom is -0.740 e. The number of nitrogens with two attached hydrogens (primary N) is 2. The number of fused-ring (bicyclic) bond motifs is 1. The molecular formula is C7H8N4O3. The van der Waals surface area contributed by atoms with Gasteiger partial charge in [-0.3, -0.25) is 5.73 Å². The largest absolute Gasteiger partial charge is 0.740 e. The van der Waals surface area contributed by atoms with Gasteiger partial charge in [-0.25, -0.2) is 4.73 Å². The minimum atomic E-state index is -0.405. The van der Waals surface area contributed by atoms with Gasteiger partial charge in [0.25, 0.3) is 0 Å². The topological polar surface area (TPSA) is 124 Å². The molecule has 0 amide bonds. The zero-order valence-electron chi connectivity index (χ0n) is 7.01. The summed E-state index contributed by atoms with van der Waals surface area (Å²) in [7, 11) is 0. The molecule has 2 rings (SSSR count). The van der Waals surface area contributed by atoms with E-state index < -0.39 is 5.95 Å². The van der Waals surface area contributed by atoms with Crippen molar-refractivity contribution < 1.29 is 15.0 Å². The summed E-state index contributed by atoms with van der Waals surface area (Å²) in [4.78, 5) is 0. The lowest BCUT2D eigenvalue weighted by molar-refractivity contribution is -0.562. The van der Waals surface area contributed by atoms with E-state index in [1.54, 1.807) is 0 Å². The molecule has 0 aliphatic carbocycles. The summed E-state index contributed by atoms with van der Waals surface area (Å²) < 4.78 is 0.766. The van der Waals surface area contributed by atoms with E-state index in [2.05, 4.69) is 0 Å². The lowest BCUT2D eigenvalue weighted by Gasteiger charge is -2.02. The standard InChI is InChI=1S/C7H8N4O3/c8-4-1-3(12)2-5-6(4)11(14)7(9)10(5)13/h1-2,12-13H,8-9H2. The minimum absolute atomic E-state index is 0.0304. The summed E-state index contributed by atoms with van der Waals surface area (Å²) >= 11 is 0. The first-order chi connectivity index (χ1) is 6.52. The Bertz CT molecular complexity index is 519. The smallest absolute Gasteiger partial charge is 0.393 e. The maximum Gasteiger partial charge on any atom is 0.393 e. The summed E-state index contributed by atoms with van der Waals surface area (Å²) in [6.07, 6.45) is 0. The van der Waals surface area contributed by atoms with Crippen LogP contribution in [0.15, 0.2) is 12.1 Å². The fraction of sp³-hybridized carbons (Fsp3) is 0. The Kier molecular flexibility index (Phi) is 1.39. The van der Waals surface area contributed by atoms with E-state index in [1.165, 1.54) is 12.1 Å². The van der Waals surface area contributed by atoms with Crippen LogP contribution in [0.3, 0.4) is 0 Å².